The van der Waals surface area contributed by atoms with Crippen LogP contribution in [-0.4, -0.2) is 65.8 Å². The lowest BCUT2D eigenvalue weighted by Gasteiger charge is -2.40. The second kappa shape index (κ2) is 6.87. The van der Waals surface area contributed by atoms with E-state index in [-0.39, 0.29) is 43.3 Å². The Morgan fingerprint density at radius 3 is 2.72 bits per heavy atom. The Morgan fingerprint density at radius 2 is 2.12 bits per heavy atom. The number of hydrogen-bond acceptors (Lipinski definition) is 4. The predicted octanol–water partition coefficient (Wildman–Crippen LogP) is 0.983. The zero-order valence-electron chi connectivity index (χ0n) is 14.4. The summed E-state index contributed by atoms with van der Waals surface area (Å²) in [4.78, 5) is 28.2. The minimum atomic E-state index is -2.69. The molecule has 0 aromatic carbocycles. The van der Waals surface area contributed by atoms with Crippen molar-refractivity contribution < 1.29 is 18.4 Å². The van der Waals surface area contributed by atoms with E-state index in [9.17, 15) is 18.4 Å². The molecule has 8 heteroatoms. The lowest BCUT2D eigenvalue weighted by atomic mass is 9.77. The van der Waals surface area contributed by atoms with E-state index in [1.807, 2.05) is 13.0 Å². The Morgan fingerprint density at radius 1 is 1.40 bits per heavy atom. The molecule has 3 atom stereocenters. The van der Waals surface area contributed by atoms with Crippen molar-refractivity contribution in [1.29, 1.82) is 5.26 Å². The van der Waals surface area contributed by atoms with Gasteiger partial charge >= 0.3 is 0 Å². The number of carbonyl (C=O) groups excluding carboxylic acids is 2. The molecular weight excluding hydrogens is 330 g/mol. The number of halogens is 2. The van der Waals surface area contributed by atoms with Gasteiger partial charge in [-0.15, -0.1) is 0 Å². The fraction of sp³-hybridized carbons (Fsp3) is 0.824. The summed E-state index contributed by atoms with van der Waals surface area (Å²) in [7, 11) is 0. The predicted molar refractivity (Wildman–Crippen MR) is 85.6 cm³/mol. The van der Waals surface area contributed by atoms with Gasteiger partial charge in [0.25, 0.3) is 0 Å². The van der Waals surface area contributed by atoms with E-state index in [1.54, 1.807) is 4.90 Å². The smallest absolute Gasteiger partial charge is 0.249 e. The van der Waals surface area contributed by atoms with Crippen LogP contribution in [0.15, 0.2) is 0 Å². The van der Waals surface area contributed by atoms with Crippen LogP contribution in [0.2, 0.25) is 0 Å². The maximum atomic E-state index is 12.9. The van der Waals surface area contributed by atoms with Crippen LogP contribution in [0.5, 0.6) is 0 Å². The zero-order valence-corrected chi connectivity index (χ0v) is 14.4. The molecule has 6 nitrogen and oxygen atoms in total. The fourth-order valence-corrected chi connectivity index (χ4v) is 4.17. The largest absolute Gasteiger partial charge is 0.351 e. The highest BCUT2D eigenvalue weighted by atomic mass is 19.3. The molecule has 1 N–H and O–H groups in total. The summed E-state index contributed by atoms with van der Waals surface area (Å²) in [5.41, 5.74) is 0. The average molecular weight is 354 g/mol. The molecule has 2 amide bonds. The van der Waals surface area contributed by atoms with Crippen molar-refractivity contribution in [1.82, 2.24) is 15.1 Å². The molecule has 0 aromatic rings. The van der Waals surface area contributed by atoms with E-state index in [4.69, 9.17) is 5.26 Å². The second-order valence-electron chi connectivity index (χ2n) is 7.37. The SMILES string of the molecule is CCN(CCC#N)C(=O)CN1CC2CC1C2NC(=O)C1CC(F)(F)C1. The van der Waals surface area contributed by atoms with Crippen LogP contribution in [-0.2, 0) is 9.59 Å². The van der Waals surface area contributed by atoms with Crippen molar-refractivity contribution in [2.45, 2.75) is 50.6 Å². The Bertz CT molecular complexity index is 584. The highest BCUT2D eigenvalue weighted by Gasteiger charge is 2.55. The monoisotopic (exact) mass is 354 g/mol. The quantitative estimate of drug-likeness (QED) is 0.740. The molecule has 4 rings (SSSR count). The van der Waals surface area contributed by atoms with Gasteiger partial charge in [-0.3, -0.25) is 14.5 Å². The van der Waals surface area contributed by atoms with Gasteiger partial charge in [0.2, 0.25) is 17.7 Å². The summed E-state index contributed by atoms with van der Waals surface area (Å²) in [6, 6.07) is 2.14. The first-order valence-corrected chi connectivity index (χ1v) is 8.91. The molecule has 2 aliphatic heterocycles. The number of likely N-dealkylation sites (N-methyl/N-ethyl adjacent to an activating group) is 1. The first kappa shape index (κ1) is 18.1. The number of alkyl halides is 2. The number of rotatable bonds is 7. The highest BCUT2D eigenvalue weighted by Crippen LogP contribution is 2.44. The van der Waals surface area contributed by atoms with Crippen molar-refractivity contribution >= 4 is 11.8 Å². The van der Waals surface area contributed by atoms with Gasteiger partial charge < -0.3 is 10.2 Å². The van der Waals surface area contributed by atoms with Gasteiger partial charge in [-0.1, -0.05) is 0 Å². The number of amides is 2. The van der Waals surface area contributed by atoms with Gasteiger partial charge in [0, 0.05) is 50.5 Å². The summed E-state index contributed by atoms with van der Waals surface area (Å²) < 4.78 is 25.8. The molecule has 0 radical (unpaired) electrons. The molecule has 25 heavy (non-hydrogen) atoms. The summed E-state index contributed by atoms with van der Waals surface area (Å²) >= 11 is 0. The fourth-order valence-electron chi connectivity index (χ4n) is 4.17. The topological polar surface area (TPSA) is 76.4 Å². The van der Waals surface area contributed by atoms with Crippen molar-refractivity contribution in [3.05, 3.63) is 0 Å². The molecular formula is C17H24F2N4O2. The van der Waals surface area contributed by atoms with E-state index in [0.29, 0.717) is 25.4 Å². The van der Waals surface area contributed by atoms with E-state index in [2.05, 4.69) is 10.2 Å². The van der Waals surface area contributed by atoms with E-state index < -0.39 is 11.8 Å². The van der Waals surface area contributed by atoms with E-state index >= 15 is 0 Å². The lowest BCUT2D eigenvalue weighted by Crippen LogP contribution is -2.58. The van der Waals surface area contributed by atoms with Crippen molar-refractivity contribution in [3.8, 4) is 6.07 Å². The zero-order chi connectivity index (χ0) is 18.2. The minimum absolute atomic E-state index is 0.00554. The van der Waals surface area contributed by atoms with Gasteiger partial charge in [0.15, 0.2) is 0 Å². The number of hydrogen-bond donors (Lipinski definition) is 1. The van der Waals surface area contributed by atoms with Crippen molar-refractivity contribution in [3.63, 3.8) is 0 Å². The molecule has 2 saturated heterocycles. The summed E-state index contributed by atoms with van der Waals surface area (Å²) in [6.07, 6.45) is 0.542. The molecule has 0 spiro atoms. The number of nitrogens with one attached hydrogen (secondary N) is 1. The first-order chi connectivity index (χ1) is 11.8. The molecule has 2 bridgehead atoms. The summed E-state index contributed by atoms with van der Waals surface area (Å²) in [5.74, 6) is -3.24. The molecule has 4 aliphatic rings. The van der Waals surface area contributed by atoms with E-state index in [0.717, 1.165) is 13.0 Å². The third kappa shape index (κ3) is 3.61. The third-order valence-corrected chi connectivity index (χ3v) is 5.74. The number of carbonyl (C=O) groups is 2. The standard InChI is InChI=1S/C17H24F2N4O2/c1-2-22(5-3-4-20)14(24)10-23-9-11-6-13(23)15(11)21-16(25)12-7-17(18,19)8-12/h11-13,15H,2-3,5-10H2,1H3,(H,21,25). The number of nitrogens with zero attached hydrogens (tertiary/aromatic N) is 3. The average Bonchev–Trinajstić information content (AvgIpc) is 3.08. The molecule has 2 saturated carbocycles. The highest BCUT2D eigenvalue weighted by molar-refractivity contribution is 5.81. The molecule has 4 fully saturated rings. The van der Waals surface area contributed by atoms with Crippen LogP contribution in [0.25, 0.3) is 0 Å². The summed E-state index contributed by atoms with van der Waals surface area (Å²) in [6.45, 7) is 3.92. The van der Waals surface area contributed by atoms with Crippen molar-refractivity contribution in [2.75, 3.05) is 26.2 Å². The van der Waals surface area contributed by atoms with Crippen LogP contribution in [0.3, 0.4) is 0 Å². The molecule has 3 unspecified atom stereocenters. The van der Waals surface area contributed by atoms with Crippen LogP contribution in [0, 0.1) is 23.2 Å². The number of fused-ring (bicyclic) bond motifs is 1. The van der Waals surface area contributed by atoms with Gasteiger partial charge in [-0.25, -0.2) is 8.78 Å². The van der Waals surface area contributed by atoms with Gasteiger partial charge in [0.05, 0.1) is 19.0 Å². The Kier molecular flexibility index (Phi) is 4.96. The molecule has 138 valence electrons. The minimum Gasteiger partial charge on any atom is -0.351 e. The van der Waals surface area contributed by atoms with Crippen LogP contribution >= 0.6 is 0 Å². The summed E-state index contributed by atoms with van der Waals surface area (Å²) in [5, 5.41) is 11.6. The first-order valence-electron chi connectivity index (χ1n) is 8.91. The lowest BCUT2D eigenvalue weighted by molar-refractivity contribution is -0.151. The Hall–Kier alpha value is -1.75. The normalized spacial score (nSPS) is 30.1. The maximum Gasteiger partial charge on any atom is 0.249 e. The van der Waals surface area contributed by atoms with Gasteiger partial charge in [0.1, 0.15) is 0 Å². The maximum absolute atomic E-state index is 12.9. The molecule has 0 aromatic heterocycles. The van der Waals surface area contributed by atoms with Crippen molar-refractivity contribution in [2.24, 2.45) is 11.8 Å². The number of nitriles is 1. The van der Waals surface area contributed by atoms with Crippen LogP contribution in [0.1, 0.15) is 32.6 Å². The molecule has 2 heterocycles. The van der Waals surface area contributed by atoms with Gasteiger partial charge in [-0.05, 0) is 19.3 Å². The Labute approximate surface area is 146 Å². The molecule has 2 aliphatic carbocycles. The van der Waals surface area contributed by atoms with E-state index in [1.165, 1.54) is 0 Å². The Balaban J connectivity index is 1.47. The van der Waals surface area contributed by atoms with Crippen LogP contribution < -0.4 is 5.32 Å². The second-order valence-corrected chi connectivity index (χ2v) is 7.37. The van der Waals surface area contributed by atoms with Crippen LogP contribution in [0.4, 0.5) is 8.78 Å². The van der Waals surface area contributed by atoms with Gasteiger partial charge in [-0.2, -0.15) is 5.26 Å². The third-order valence-electron chi connectivity index (χ3n) is 5.74.